The Kier molecular flexibility index (Phi) is 6.20. The SMILES string of the molecule is O=C(CSc1ncnc2sc(-c3ccccc3)cc12)N1CCN(C(=O)c2cccs2)CC1. The molecule has 0 aliphatic carbocycles. The molecule has 32 heavy (non-hydrogen) atoms. The molecule has 0 N–H and O–H groups in total. The van der Waals surface area contributed by atoms with Crippen LogP contribution in [0.15, 0.2) is 65.3 Å². The Balaban J connectivity index is 1.21. The van der Waals surface area contributed by atoms with Gasteiger partial charge in [-0.2, -0.15) is 0 Å². The van der Waals surface area contributed by atoms with E-state index in [1.165, 1.54) is 23.1 Å². The van der Waals surface area contributed by atoms with Crippen LogP contribution in [0.3, 0.4) is 0 Å². The number of rotatable bonds is 5. The Morgan fingerprint density at radius 3 is 2.50 bits per heavy atom. The second-order valence-corrected chi connectivity index (χ2v) is 10.3. The van der Waals surface area contributed by atoms with Crippen LogP contribution < -0.4 is 0 Å². The number of amides is 2. The summed E-state index contributed by atoms with van der Waals surface area (Å²) in [6.45, 7) is 2.25. The highest BCUT2D eigenvalue weighted by Crippen LogP contribution is 2.36. The molecule has 0 bridgehead atoms. The molecule has 1 aliphatic rings. The molecule has 1 fully saturated rings. The van der Waals surface area contributed by atoms with Crippen molar-refractivity contribution >= 4 is 56.5 Å². The fraction of sp³-hybridized carbons (Fsp3) is 0.217. The van der Waals surface area contributed by atoms with E-state index in [0.717, 1.165) is 30.6 Å². The third-order valence-corrected chi connectivity index (χ3v) is 8.28. The first kappa shape index (κ1) is 21.1. The Bertz CT molecular complexity index is 1230. The number of nitrogens with zero attached hydrogens (tertiary/aromatic N) is 4. The van der Waals surface area contributed by atoms with Gasteiger partial charge in [-0.15, -0.1) is 22.7 Å². The van der Waals surface area contributed by atoms with Gasteiger partial charge >= 0.3 is 0 Å². The summed E-state index contributed by atoms with van der Waals surface area (Å²) in [6.07, 6.45) is 1.56. The molecule has 4 aromatic rings. The van der Waals surface area contributed by atoms with Crippen LogP contribution in [0, 0.1) is 0 Å². The molecule has 0 atom stereocenters. The van der Waals surface area contributed by atoms with E-state index in [4.69, 9.17) is 0 Å². The molecule has 4 heterocycles. The Hall–Kier alpha value is -2.75. The van der Waals surface area contributed by atoms with E-state index in [1.54, 1.807) is 17.7 Å². The maximum absolute atomic E-state index is 12.8. The van der Waals surface area contributed by atoms with Crippen LogP contribution in [0.1, 0.15) is 9.67 Å². The standard InChI is InChI=1S/C23H20N4O2S3/c28-20(26-8-10-27(11-9-26)23(29)18-7-4-12-30-18)14-31-21-17-13-19(16-5-2-1-3-6-16)32-22(17)25-15-24-21/h1-7,12-13,15H,8-11,14H2. The number of hydrogen-bond donors (Lipinski definition) is 0. The minimum absolute atomic E-state index is 0.0523. The number of benzene rings is 1. The van der Waals surface area contributed by atoms with Crippen molar-refractivity contribution in [3.8, 4) is 10.4 Å². The maximum Gasteiger partial charge on any atom is 0.264 e. The van der Waals surface area contributed by atoms with Gasteiger partial charge in [-0.25, -0.2) is 9.97 Å². The van der Waals surface area contributed by atoms with Gasteiger partial charge in [0.25, 0.3) is 5.91 Å². The first-order chi connectivity index (χ1) is 15.7. The van der Waals surface area contributed by atoms with Gasteiger partial charge in [0.1, 0.15) is 16.2 Å². The number of carbonyl (C=O) groups excluding carboxylic acids is 2. The van der Waals surface area contributed by atoms with Crippen LogP contribution in [-0.4, -0.2) is 63.5 Å². The second-order valence-electron chi connectivity index (χ2n) is 7.31. The lowest BCUT2D eigenvalue weighted by atomic mass is 10.2. The molecule has 0 radical (unpaired) electrons. The molecular formula is C23H20N4O2S3. The highest BCUT2D eigenvalue weighted by atomic mass is 32.2. The first-order valence-electron chi connectivity index (χ1n) is 10.2. The van der Waals surface area contributed by atoms with Crippen molar-refractivity contribution < 1.29 is 9.59 Å². The largest absolute Gasteiger partial charge is 0.338 e. The average Bonchev–Trinajstić information content (AvgIpc) is 3.53. The number of aromatic nitrogens is 2. The Morgan fingerprint density at radius 2 is 1.75 bits per heavy atom. The van der Waals surface area contributed by atoms with E-state index in [9.17, 15) is 9.59 Å². The Labute approximate surface area is 197 Å². The topological polar surface area (TPSA) is 66.4 Å². The third-order valence-electron chi connectivity index (χ3n) is 5.34. The van der Waals surface area contributed by atoms with E-state index in [-0.39, 0.29) is 11.8 Å². The lowest BCUT2D eigenvalue weighted by Crippen LogP contribution is -2.51. The molecule has 0 unspecified atom stereocenters. The fourth-order valence-electron chi connectivity index (χ4n) is 3.63. The molecule has 5 rings (SSSR count). The van der Waals surface area contributed by atoms with Gasteiger partial charge in [-0.1, -0.05) is 48.2 Å². The van der Waals surface area contributed by atoms with Crippen molar-refractivity contribution in [3.63, 3.8) is 0 Å². The number of hydrogen-bond acceptors (Lipinski definition) is 7. The maximum atomic E-state index is 12.8. The fourth-order valence-corrected chi connectivity index (χ4v) is 6.27. The van der Waals surface area contributed by atoms with E-state index in [2.05, 4.69) is 28.2 Å². The number of fused-ring (bicyclic) bond motifs is 1. The van der Waals surface area contributed by atoms with Crippen molar-refractivity contribution in [3.05, 3.63) is 65.1 Å². The highest BCUT2D eigenvalue weighted by Gasteiger charge is 2.25. The van der Waals surface area contributed by atoms with E-state index in [0.29, 0.717) is 31.9 Å². The van der Waals surface area contributed by atoms with Crippen molar-refractivity contribution in [1.29, 1.82) is 0 Å². The van der Waals surface area contributed by atoms with E-state index < -0.39 is 0 Å². The molecule has 9 heteroatoms. The molecule has 0 spiro atoms. The first-order valence-corrected chi connectivity index (χ1v) is 12.9. The minimum Gasteiger partial charge on any atom is -0.338 e. The summed E-state index contributed by atoms with van der Waals surface area (Å²) < 4.78 is 0. The van der Waals surface area contributed by atoms with Crippen molar-refractivity contribution in [2.45, 2.75) is 5.03 Å². The molecule has 3 aromatic heterocycles. The normalized spacial score (nSPS) is 14.1. The van der Waals surface area contributed by atoms with E-state index in [1.807, 2.05) is 45.5 Å². The summed E-state index contributed by atoms with van der Waals surface area (Å²) in [7, 11) is 0. The van der Waals surface area contributed by atoms with Gasteiger partial charge in [0.2, 0.25) is 5.91 Å². The summed E-state index contributed by atoms with van der Waals surface area (Å²) in [5, 5.41) is 3.72. The zero-order chi connectivity index (χ0) is 21.9. The molecular weight excluding hydrogens is 460 g/mol. The molecule has 0 saturated carbocycles. The van der Waals surface area contributed by atoms with Gasteiger partial charge in [-0.3, -0.25) is 9.59 Å². The highest BCUT2D eigenvalue weighted by molar-refractivity contribution is 8.00. The molecule has 162 valence electrons. The third kappa shape index (κ3) is 4.41. The van der Waals surface area contributed by atoms with Crippen LogP contribution in [-0.2, 0) is 4.79 Å². The number of carbonyl (C=O) groups is 2. The van der Waals surface area contributed by atoms with Gasteiger partial charge in [0.05, 0.1) is 10.6 Å². The van der Waals surface area contributed by atoms with Gasteiger partial charge in [-0.05, 0) is 23.1 Å². The summed E-state index contributed by atoms with van der Waals surface area (Å²) in [4.78, 5) is 40.6. The predicted molar refractivity (Wildman–Crippen MR) is 130 cm³/mol. The van der Waals surface area contributed by atoms with Crippen LogP contribution in [0.4, 0.5) is 0 Å². The monoisotopic (exact) mass is 480 g/mol. The summed E-state index contributed by atoms with van der Waals surface area (Å²) in [5.41, 5.74) is 1.15. The van der Waals surface area contributed by atoms with Crippen LogP contribution in [0.5, 0.6) is 0 Å². The zero-order valence-corrected chi connectivity index (χ0v) is 19.6. The smallest absolute Gasteiger partial charge is 0.264 e. The summed E-state index contributed by atoms with van der Waals surface area (Å²) in [5.74, 6) is 0.446. The second kappa shape index (κ2) is 9.40. The van der Waals surface area contributed by atoms with E-state index >= 15 is 0 Å². The van der Waals surface area contributed by atoms with Gasteiger partial charge in [0.15, 0.2) is 0 Å². The van der Waals surface area contributed by atoms with Crippen molar-refractivity contribution in [1.82, 2.24) is 19.8 Å². The van der Waals surface area contributed by atoms with Gasteiger partial charge in [0, 0.05) is 36.4 Å². The summed E-state index contributed by atoms with van der Waals surface area (Å²) in [6, 6.07) is 16.0. The Morgan fingerprint density at radius 1 is 0.969 bits per heavy atom. The molecule has 1 aliphatic heterocycles. The van der Waals surface area contributed by atoms with Crippen LogP contribution in [0.2, 0.25) is 0 Å². The average molecular weight is 481 g/mol. The summed E-state index contributed by atoms with van der Waals surface area (Å²) >= 11 is 4.54. The number of piperazine rings is 1. The lowest BCUT2D eigenvalue weighted by molar-refractivity contribution is -0.129. The zero-order valence-electron chi connectivity index (χ0n) is 17.1. The molecule has 6 nitrogen and oxygen atoms in total. The number of thioether (sulfide) groups is 1. The van der Waals surface area contributed by atoms with Crippen LogP contribution >= 0.6 is 34.4 Å². The van der Waals surface area contributed by atoms with Crippen molar-refractivity contribution in [2.24, 2.45) is 0 Å². The van der Waals surface area contributed by atoms with Crippen LogP contribution in [0.25, 0.3) is 20.7 Å². The minimum atomic E-state index is 0.0523. The molecule has 2 amide bonds. The predicted octanol–water partition coefficient (Wildman–Crippen LogP) is 4.50. The lowest BCUT2D eigenvalue weighted by Gasteiger charge is -2.34. The molecule has 1 aromatic carbocycles. The van der Waals surface area contributed by atoms with Gasteiger partial charge < -0.3 is 9.80 Å². The quantitative estimate of drug-likeness (QED) is 0.311. The molecule has 1 saturated heterocycles. The van der Waals surface area contributed by atoms with Crippen molar-refractivity contribution in [2.75, 3.05) is 31.9 Å². The number of thiophene rings is 2.